The molecule has 0 heterocycles. The van der Waals surface area contributed by atoms with Gasteiger partial charge in [0.2, 0.25) is 0 Å². The van der Waals surface area contributed by atoms with Crippen LogP contribution in [0.3, 0.4) is 0 Å². The predicted molar refractivity (Wildman–Crippen MR) is 71.9 cm³/mol. The van der Waals surface area contributed by atoms with Crippen molar-refractivity contribution in [2.75, 3.05) is 5.32 Å². The van der Waals surface area contributed by atoms with E-state index in [1.165, 1.54) is 12.1 Å². The third-order valence-corrected chi connectivity index (χ3v) is 3.52. The maximum absolute atomic E-state index is 12.4. The van der Waals surface area contributed by atoms with E-state index in [1.54, 1.807) is 0 Å². The minimum absolute atomic E-state index is 0.269. The molecule has 1 aliphatic carbocycles. The monoisotopic (exact) mass is 302 g/mol. The molecule has 116 valence electrons. The smallest absolute Gasteiger partial charge is 0.391 e. The average molecular weight is 302 g/mol. The normalized spacial score (nSPS) is 22.7. The molecule has 0 aliphatic heterocycles. The first kappa shape index (κ1) is 15.6. The van der Waals surface area contributed by atoms with E-state index in [0.717, 1.165) is 25.0 Å². The van der Waals surface area contributed by atoms with Crippen LogP contribution in [0.4, 0.5) is 23.7 Å². The van der Waals surface area contributed by atoms with Crippen LogP contribution in [0, 0.1) is 0 Å². The largest absolute Gasteiger partial charge is 0.416 e. The number of carbonyl (C=O) groups excluding carboxylic acids is 1. The van der Waals surface area contributed by atoms with Gasteiger partial charge >= 0.3 is 12.2 Å². The second kappa shape index (κ2) is 6.34. The Hall–Kier alpha value is -1.76. The molecule has 0 aromatic heterocycles. The minimum atomic E-state index is -4.40. The van der Waals surface area contributed by atoms with Crippen molar-refractivity contribution in [2.24, 2.45) is 0 Å². The van der Waals surface area contributed by atoms with Crippen molar-refractivity contribution in [3.63, 3.8) is 0 Å². The van der Waals surface area contributed by atoms with Gasteiger partial charge in [-0.15, -0.1) is 0 Å². The molecule has 2 atom stereocenters. The van der Waals surface area contributed by atoms with Crippen LogP contribution in [0.15, 0.2) is 24.3 Å². The van der Waals surface area contributed by atoms with Crippen molar-refractivity contribution in [3.8, 4) is 0 Å². The van der Waals surface area contributed by atoms with Gasteiger partial charge in [0.25, 0.3) is 0 Å². The summed E-state index contributed by atoms with van der Waals surface area (Å²) in [7, 11) is 0. The fraction of sp³-hybridized carbons (Fsp3) is 0.500. The Morgan fingerprint density at radius 3 is 2.33 bits per heavy atom. The molecule has 0 bridgehead atoms. The van der Waals surface area contributed by atoms with E-state index in [1.807, 2.05) is 0 Å². The topological polar surface area (TPSA) is 61.4 Å². The molecule has 1 aromatic rings. The van der Waals surface area contributed by atoms with Gasteiger partial charge < -0.3 is 15.7 Å². The third kappa shape index (κ3) is 4.35. The highest BCUT2D eigenvalue weighted by molar-refractivity contribution is 5.89. The first-order valence-electron chi connectivity index (χ1n) is 6.79. The number of amides is 2. The fourth-order valence-electron chi connectivity index (χ4n) is 2.36. The van der Waals surface area contributed by atoms with Crippen LogP contribution in [-0.2, 0) is 6.18 Å². The molecule has 3 N–H and O–H groups in total. The van der Waals surface area contributed by atoms with Crippen LogP contribution in [0.2, 0.25) is 0 Å². The van der Waals surface area contributed by atoms with E-state index in [4.69, 9.17) is 0 Å². The molecule has 21 heavy (non-hydrogen) atoms. The number of hydrogen-bond acceptors (Lipinski definition) is 2. The predicted octanol–water partition coefficient (Wildman–Crippen LogP) is 3.13. The molecule has 1 saturated carbocycles. The number of urea groups is 1. The first-order valence-corrected chi connectivity index (χ1v) is 6.79. The molecule has 0 radical (unpaired) electrons. The molecule has 1 fully saturated rings. The lowest BCUT2D eigenvalue weighted by molar-refractivity contribution is -0.137. The Labute approximate surface area is 120 Å². The summed E-state index contributed by atoms with van der Waals surface area (Å²) in [5.41, 5.74) is -0.498. The maximum atomic E-state index is 12.4. The number of anilines is 1. The minimum Gasteiger partial charge on any atom is -0.391 e. The average Bonchev–Trinajstić information content (AvgIpc) is 2.41. The summed E-state index contributed by atoms with van der Waals surface area (Å²) in [4.78, 5) is 11.8. The van der Waals surface area contributed by atoms with Crippen LogP contribution in [0.25, 0.3) is 0 Å². The summed E-state index contributed by atoms with van der Waals surface area (Å²) in [6, 6.07) is 3.36. The zero-order valence-electron chi connectivity index (χ0n) is 11.3. The van der Waals surface area contributed by atoms with Crippen molar-refractivity contribution in [1.82, 2.24) is 5.32 Å². The summed E-state index contributed by atoms with van der Waals surface area (Å²) in [5, 5.41) is 14.8. The van der Waals surface area contributed by atoms with Gasteiger partial charge in [-0.25, -0.2) is 4.79 Å². The Balaban J connectivity index is 1.90. The second-order valence-electron chi connectivity index (χ2n) is 5.13. The Kier molecular flexibility index (Phi) is 4.72. The van der Waals surface area contributed by atoms with Gasteiger partial charge in [0.15, 0.2) is 0 Å². The number of halogens is 3. The number of carbonyl (C=O) groups is 1. The lowest BCUT2D eigenvalue weighted by Gasteiger charge is -2.28. The zero-order valence-corrected chi connectivity index (χ0v) is 11.3. The Bertz CT molecular complexity index is 488. The molecule has 0 spiro atoms. The summed E-state index contributed by atoms with van der Waals surface area (Å²) >= 11 is 0. The van der Waals surface area contributed by atoms with E-state index >= 15 is 0 Å². The van der Waals surface area contributed by atoms with Gasteiger partial charge in [-0.05, 0) is 37.1 Å². The zero-order chi connectivity index (χ0) is 15.5. The van der Waals surface area contributed by atoms with Crippen LogP contribution < -0.4 is 10.6 Å². The van der Waals surface area contributed by atoms with Crippen LogP contribution >= 0.6 is 0 Å². The van der Waals surface area contributed by atoms with Crippen molar-refractivity contribution >= 4 is 11.7 Å². The molecule has 7 heteroatoms. The summed E-state index contributed by atoms with van der Waals surface area (Å²) in [5.74, 6) is 0. The van der Waals surface area contributed by atoms with Crippen LogP contribution in [-0.4, -0.2) is 23.3 Å². The molecule has 4 nitrogen and oxygen atoms in total. The standard InChI is InChI=1S/C14H17F3N2O2/c15-14(16,17)9-5-7-10(8-6-9)18-13(21)19-11-3-1-2-4-12(11)20/h5-8,11-12,20H,1-4H2,(H2,18,19,21)/t11-,12-/m0/s1. The summed E-state index contributed by atoms with van der Waals surface area (Å²) < 4.78 is 37.2. The van der Waals surface area contributed by atoms with Crippen LogP contribution in [0.5, 0.6) is 0 Å². The second-order valence-corrected chi connectivity index (χ2v) is 5.13. The van der Waals surface area contributed by atoms with Crippen molar-refractivity contribution in [2.45, 2.75) is 44.0 Å². The third-order valence-electron chi connectivity index (χ3n) is 3.52. The number of nitrogens with one attached hydrogen (secondary N) is 2. The van der Waals surface area contributed by atoms with Crippen molar-refractivity contribution in [3.05, 3.63) is 29.8 Å². The maximum Gasteiger partial charge on any atom is 0.416 e. The van der Waals surface area contributed by atoms with Gasteiger partial charge in [0, 0.05) is 5.69 Å². The number of alkyl halides is 3. The van der Waals surface area contributed by atoms with E-state index in [2.05, 4.69) is 10.6 Å². The molecule has 0 unspecified atom stereocenters. The fourth-order valence-corrected chi connectivity index (χ4v) is 2.36. The molecule has 0 saturated heterocycles. The molecular formula is C14H17F3N2O2. The summed E-state index contributed by atoms with van der Waals surface area (Å²) in [6.07, 6.45) is -1.76. The SMILES string of the molecule is O=C(Nc1ccc(C(F)(F)F)cc1)N[C@H]1CCCC[C@@H]1O. The number of aliphatic hydroxyl groups excluding tert-OH is 1. The van der Waals surface area contributed by atoms with Crippen molar-refractivity contribution < 1.29 is 23.1 Å². The quantitative estimate of drug-likeness (QED) is 0.786. The van der Waals surface area contributed by atoms with E-state index < -0.39 is 23.9 Å². The van der Waals surface area contributed by atoms with E-state index in [-0.39, 0.29) is 11.7 Å². The van der Waals surface area contributed by atoms with E-state index in [9.17, 15) is 23.1 Å². The summed E-state index contributed by atoms with van der Waals surface area (Å²) in [6.45, 7) is 0. The highest BCUT2D eigenvalue weighted by Crippen LogP contribution is 2.29. The Morgan fingerprint density at radius 1 is 1.14 bits per heavy atom. The highest BCUT2D eigenvalue weighted by Gasteiger charge is 2.30. The number of rotatable bonds is 2. The van der Waals surface area contributed by atoms with Gasteiger partial charge in [-0.2, -0.15) is 13.2 Å². The lowest BCUT2D eigenvalue weighted by atomic mass is 9.93. The highest BCUT2D eigenvalue weighted by atomic mass is 19.4. The van der Waals surface area contributed by atoms with Crippen LogP contribution in [0.1, 0.15) is 31.2 Å². The number of benzene rings is 1. The molecule has 2 rings (SSSR count). The first-order chi connectivity index (χ1) is 9.86. The lowest BCUT2D eigenvalue weighted by Crippen LogP contribution is -2.46. The molecule has 1 aliphatic rings. The Morgan fingerprint density at radius 2 is 1.76 bits per heavy atom. The van der Waals surface area contributed by atoms with E-state index in [0.29, 0.717) is 12.8 Å². The number of aliphatic hydroxyl groups is 1. The van der Waals surface area contributed by atoms with Gasteiger partial charge in [0.1, 0.15) is 0 Å². The molecule has 2 amide bonds. The van der Waals surface area contributed by atoms with Gasteiger partial charge in [-0.1, -0.05) is 12.8 Å². The van der Waals surface area contributed by atoms with Gasteiger partial charge in [-0.3, -0.25) is 0 Å². The number of hydrogen-bond donors (Lipinski definition) is 3. The molecular weight excluding hydrogens is 285 g/mol. The van der Waals surface area contributed by atoms with Gasteiger partial charge in [0.05, 0.1) is 17.7 Å². The molecule has 1 aromatic carbocycles. The van der Waals surface area contributed by atoms with Crippen molar-refractivity contribution in [1.29, 1.82) is 0 Å².